The molecule has 0 fully saturated rings. The Labute approximate surface area is 115 Å². The maximum Gasteiger partial charge on any atom is 0.250 e. The van der Waals surface area contributed by atoms with Crippen molar-refractivity contribution in [3.05, 3.63) is 53.1 Å². The van der Waals surface area contributed by atoms with Gasteiger partial charge in [-0.25, -0.2) is 0 Å². The molecule has 6 heteroatoms. The maximum absolute atomic E-state index is 11.3. The Kier molecular flexibility index (Phi) is 5.86. The SMILES string of the molecule is N#CN=C(N)NC(=O)/C=C\C=C\c1ccc(Cl)cc1. The Morgan fingerprint density at radius 2 is 2.05 bits per heavy atom. The van der Waals surface area contributed by atoms with Gasteiger partial charge in [-0.15, -0.1) is 4.99 Å². The van der Waals surface area contributed by atoms with Gasteiger partial charge in [0.1, 0.15) is 0 Å². The molecule has 19 heavy (non-hydrogen) atoms. The molecule has 0 aromatic heterocycles. The molecule has 0 aliphatic carbocycles. The number of nitriles is 1. The number of allylic oxidation sites excluding steroid dienone is 2. The van der Waals surface area contributed by atoms with Crippen LogP contribution in [0.15, 0.2) is 47.5 Å². The van der Waals surface area contributed by atoms with Crippen molar-refractivity contribution in [1.29, 1.82) is 5.26 Å². The van der Waals surface area contributed by atoms with Gasteiger partial charge in [-0.2, -0.15) is 5.26 Å². The molecule has 1 aromatic carbocycles. The van der Waals surface area contributed by atoms with Gasteiger partial charge in [0, 0.05) is 11.1 Å². The average Bonchev–Trinajstić information content (AvgIpc) is 2.37. The third-order valence-electron chi connectivity index (χ3n) is 1.94. The summed E-state index contributed by atoms with van der Waals surface area (Å²) in [4.78, 5) is 14.4. The van der Waals surface area contributed by atoms with Crippen LogP contribution >= 0.6 is 11.6 Å². The Hall–Kier alpha value is -2.58. The van der Waals surface area contributed by atoms with Crippen LogP contribution in [0, 0.1) is 11.5 Å². The zero-order valence-corrected chi connectivity index (χ0v) is 10.6. The number of nitrogens with one attached hydrogen (secondary N) is 1. The van der Waals surface area contributed by atoms with Crippen molar-refractivity contribution in [2.75, 3.05) is 0 Å². The van der Waals surface area contributed by atoms with Crippen LogP contribution < -0.4 is 11.1 Å². The van der Waals surface area contributed by atoms with Gasteiger partial charge in [0.05, 0.1) is 0 Å². The van der Waals surface area contributed by atoms with Crippen LogP contribution in [0.3, 0.4) is 0 Å². The van der Waals surface area contributed by atoms with Crippen LogP contribution in [0.25, 0.3) is 6.08 Å². The number of hydrogen-bond donors (Lipinski definition) is 2. The molecule has 0 spiro atoms. The summed E-state index contributed by atoms with van der Waals surface area (Å²) in [5.41, 5.74) is 6.18. The summed E-state index contributed by atoms with van der Waals surface area (Å²) < 4.78 is 0. The summed E-state index contributed by atoms with van der Waals surface area (Å²) >= 11 is 5.75. The van der Waals surface area contributed by atoms with Crippen LogP contribution in [0.4, 0.5) is 0 Å². The van der Waals surface area contributed by atoms with Gasteiger partial charge < -0.3 is 5.73 Å². The van der Waals surface area contributed by atoms with Crippen LogP contribution in [0.5, 0.6) is 0 Å². The smallest absolute Gasteiger partial charge is 0.250 e. The van der Waals surface area contributed by atoms with E-state index < -0.39 is 5.91 Å². The Bertz CT molecular complexity index is 567. The number of nitrogens with zero attached hydrogens (tertiary/aromatic N) is 2. The first kappa shape index (κ1) is 14.5. The number of hydrogen-bond acceptors (Lipinski definition) is 3. The molecular weight excluding hydrogens is 264 g/mol. The average molecular weight is 275 g/mol. The Morgan fingerprint density at radius 1 is 1.37 bits per heavy atom. The van der Waals surface area contributed by atoms with E-state index in [9.17, 15) is 4.79 Å². The van der Waals surface area contributed by atoms with Crippen molar-refractivity contribution in [2.24, 2.45) is 10.7 Å². The van der Waals surface area contributed by atoms with Crippen molar-refractivity contribution < 1.29 is 4.79 Å². The lowest BCUT2D eigenvalue weighted by Crippen LogP contribution is -2.35. The molecule has 0 bridgehead atoms. The molecule has 5 nitrogen and oxygen atoms in total. The van der Waals surface area contributed by atoms with Gasteiger partial charge in [0.25, 0.3) is 5.91 Å². The van der Waals surface area contributed by atoms with E-state index in [-0.39, 0.29) is 5.96 Å². The summed E-state index contributed by atoms with van der Waals surface area (Å²) in [6, 6.07) is 7.25. The monoisotopic (exact) mass is 274 g/mol. The minimum Gasteiger partial charge on any atom is -0.369 e. The van der Waals surface area contributed by atoms with E-state index in [2.05, 4.69) is 10.3 Å². The highest BCUT2D eigenvalue weighted by Crippen LogP contribution is 2.10. The first-order valence-electron chi connectivity index (χ1n) is 5.25. The number of nitrogens with two attached hydrogens (primary N) is 1. The largest absolute Gasteiger partial charge is 0.369 e. The first-order valence-corrected chi connectivity index (χ1v) is 5.63. The molecule has 1 rings (SSSR count). The molecule has 3 N–H and O–H groups in total. The number of halogens is 1. The highest BCUT2D eigenvalue weighted by molar-refractivity contribution is 6.30. The van der Waals surface area contributed by atoms with Crippen molar-refractivity contribution in [2.45, 2.75) is 0 Å². The van der Waals surface area contributed by atoms with E-state index in [0.717, 1.165) is 5.56 Å². The molecule has 0 heterocycles. The van der Waals surface area contributed by atoms with Crippen LogP contribution in [-0.2, 0) is 4.79 Å². The van der Waals surface area contributed by atoms with Gasteiger partial charge in [0.15, 0.2) is 0 Å². The number of aliphatic imine (C=N–C) groups is 1. The van der Waals surface area contributed by atoms with Gasteiger partial charge in [0.2, 0.25) is 12.2 Å². The fraction of sp³-hybridized carbons (Fsp3) is 0. The van der Waals surface area contributed by atoms with E-state index in [1.54, 1.807) is 24.3 Å². The Morgan fingerprint density at radius 3 is 2.68 bits per heavy atom. The second-order valence-corrected chi connectivity index (χ2v) is 3.79. The van der Waals surface area contributed by atoms with E-state index in [1.807, 2.05) is 18.2 Å². The van der Waals surface area contributed by atoms with Gasteiger partial charge >= 0.3 is 0 Å². The fourth-order valence-corrected chi connectivity index (χ4v) is 1.26. The number of carbonyl (C=O) groups is 1. The van der Waals surface area contributed by atoms with Crippen LogP contribution in [0.1, 0.15) is 5.56 Å². The van der Waals surface area contributed by atoms with Crippen molar-refractivity contribution in [1.82, 2.24) is 5.32 Å². The van der Waals surface area contributed by atoms with E-state index >= 15 is 0 Å². The molecular formula is C13H11ClN4O. The predicted octanol–water partition coefficient (Wildman–Crippen LogP) is 1.82. The number of carbonyl (C=O) groups excluding carboxylic acids is 1. The van der Waals surface area contributed by atoms with E-state index in [4.69, 9.17) is 22.6 Å². The standard InChI is InChI=1S/C13H11ClN4O/c14-11-7-5-10(6-8-11)3-1-2-4-12(19)18-13(16)17-9-15/h1-8H,(H3,16,17,18,19)/b3-1+,4-2-. The van der Waals surface area contributed by atoms with Crippen molar-refractivity contribution >= 4 is 29.5 Å². The zero-order valence-electron chi connectivity index (χ0n) is 9.88. The summed E-state index contributed by atoms with van der Waals surface area (Å²) in [6.45, 7) is 0. The number of amides is 1. The summed E-state index contributed by atoms with van der Waals surface area (Å²) in [7, 11) is 0. The number of benzene rings is 1. The molecule has 1 aromatic rings. The molecule has 0 radical (unpaired) electrons. The fourth-order valence-electron chi connectivity index (χ4n) is 1.13. The van der Waals surface area contributed by atoms with Crippen LogP contribution in [0.2, 0.25) is 5.02 Å². The highest BCUT2D eigenvalue weighted by atomic mass is 35.5. The normalized spacial score (nSPS) is 11.7. The van der Waals surface area contributed by atoms with Crippen molar-refractivity contribution in [3.63, 3.8) is 0 Å². The quantitative estimate of drug-likeness (QED) is 0.290. The highest BCUT2D eigenvalue weighted by Gasteiger charge is 1.96. The molecule has 96 valence electrons. The molecule has 0 saturated carbocycles. The van der Waals surface area contributed by atoms with E-state index in [1.165, 1.54) is 12.3 Å². The zero-order chi connectivity index (χ0) is 14.1. The molecule has 0 aliphatic rings. The lowest BCUT2D eigenvalue weighted by molar-refractivity contribution is -0.115. The van der Waals surface area contributed by atoms with Crippen molar-refractivity contribution in [3.8, 4) is 6.19 Å². The second kappa shape index (κ2) is 7.69. The molecule has 1 amide bonds. The first-order chi connectivity index (χ1) is 9.11. The summed E-state index contributed by atoms with van der Waals surface area (Å²) in [5.74, 6) is -0.698. The van der Waals surface area contributed by atoms with E-state index in [0.29, 0.717) is 5.02 Å². The van der Waals surface area contributed by atoms with Gasteiger partial charge in [-0.1, -0.05) is 42.0 Å². The molecule has 0 unspecified atom stereocenters. The third-order valence-corrected chi connectivity index (χ3v) is 2.19. The predicted molar refractivity (Wildman–Crippen MR) is 75.0 cm³/mol. The lowest BCUT2D eigenvalue weighted by atomic mass is 10.2. The molecule has 0 aliphatic heterocycles. The second-order valence-electron chi connectivity index (χ2n) is 3.36. The minimum absolute atomic E-state index is 0.237. The summed E-state index contributed by atoms with van der Waals surface area (Å²) in [6.07, 6.45) is 7.79. The number of guanidine groups is 1. The minimum atomic E-state index is -0.461. The molecule has 0 atom stereocenters. The Balaban J connectivity index is 2.50. The molecule has 0 saturated heterocycles. The van der Waals surface area contributed by atoms with Gasteiger partial charge in [-0.3, -0.25) is 10.1 Å². The van der Waals surface area contributed by atoms with Crippen LogP contribution in [-0.4, -0.2) is 11.9 Å². The summed E-state index contributed by atoms with van der Waals surface area (Å²) in [5, 5.41) is 11.1. The lowest BCUT2D eigenvalue weighted by Gasteiger charge is -1.96. The third kappa shape index (κ3) is 6.05. The maximum atomic E-state index is 11.3. The topological polar surface area (TPSA) is 91.3 Å². The number of rotatable bonds is 3. The van der Waals surface area contributed by atoms with Gasteiger partial charge in [-0.05, 0) is 17.7 Å².